The quantitative estimate of drug-likeness (QED) is 0.374. The van der Waals surface area contributed by atoms with Crippen LogP contribution >= 0.6 is 22.9 Å². The van der Waals surface area contributed by atoms with Gasteiger partial charge in [0.05, 0.1) is 15.6 Å². The third kappa shape index (κ3) is 3.24. The van der Waals surface area contributed by atoms with Crippen molar-refractivity contribution >= 4 is 28.9 Å². The Morgan fingerprint density at radius 1 is 1.00 bits per heavy atom. The summed E-state index contributed by atoms with van der Waals surface area (Å²) < 4.78 is 6.98. The third-order valence-corrected chi connectivity index (χ3v) is 4.75. The summed E-state index contributed by atoms with van der Waals surface area (Å²) >= 11 is 7.57. The molecule has 0 saturated heterocycles. The SMILES string of the molecule is O=C(Oc1ccccc1Cl)c1nc(-c2cccs2)n(-c2ccccc2)n1. The van der Waals surface area contributed by atoms with Gasteiger partial charge in [0.15, 0.2) is 5.82 Å². The van der Waals surface area contributed by atoms with Crippen LogP contribution in [0.25, 0.3) is 16.4 Å². The maximum atomic E-state index is 12.5. The van der Waals surface area contributed by atoms with Gasteiger partial charge in [-0.15, -0.1) is 16.4 Å². The molecule has 2 aromatic carbocycles. The predicted molar refractivity (Wildman–Crippen MR) is 101 cm³/mol. The summed E-state index contributed by atoms with van der Waals surface area (Å²) in [5, 5.41) is 6.65. The maximum Gasteiger partial charge on any atom is 0.383 e. The first-order valence-electron chi connectivity index (χ1n) is 7.75. The molecule has 0 aliphatic rings. The topological polar surface area (TPSA) is 57.0 Å². The molecule has 128 valence electrons. The number of hydrogen-bond acceptors (Lipinski definition) is 5. The lowest BCUT2D eigenvalue weighted by Crippen LogP contribution is -2.11. The van der Waals surface area contributed by atoms with E-state index in [1.54, 1.807) is 28.9 Å². The molecular weight excluding hydrogens is 370 g/mol. The number of rotatable bonds is 4. The zero-order valence-electron chi connectivity index (χ0n) is 13.4. The number of thiophene rings is 1. The normalized spacial score (nSPS) is 10.7. The van der Waals surface area contributed by atoms with Crippen LogP contribution < -0.4 is 4.74 Å². The minimum Gasteiger partial charge on any atom is -0.419 e. The molecule has 0 amide bonds. The van der Waals surface area contributed by atoms with Crippen LogP contribution in [0.15, 0.2) is 72.1 Å². The van der Waals surface area contributed by atoms with Crippen molar-refractivity contribution in [2.75, 3.05) is 0 Å². The molecule has 4 rings (SSSR count). The van der Waals surface area contributed by atoms with Gasteiger partial charge >= 0.3 is 5.97 Å². The number of para-hydroxylation sites is 2. The number of hydrogen-bond donors (Lipinski definition) is 0. The highest BCUT2D eigenvalue weighted by Crippen LogP contribution is 2.27. The van der Waals surface area contributed by atoms with Crippen molar-refractivity contribution in [2.24, 2.45) is 0 Å². The predicted octanol–water partition coefficient (Wildman–Crippen LogP) is 4.87. The molecule has 5 nitrogen and oxygen atoms in total. The van der Waals surface area contributed by atoms with Crippen molar-refractivity contribution in [3.63, 3.8) is 0 Å². The zero-order valence-corrected chi connectivity index (χ0v) is 14.9. The first kappa shape index (κ1) is 16.5. The molecule has 7 heteroatoms. The van der Waals surface area contributed by atoms with Gasteiger partial charge in [0.1, 0.15) is 5.75 Å². The third-order valence-electron chi connectivity index (χ3n) is 3.57. The Morgan fingerprint density at radius 3 is 2.50 bits per heavy atom. The van der Waals surface area contributed by atoms with Gasteiger partial charge in [-0.3, -0.25) is 0 Å². The lowest BCUT2D eigenvalue weighted by molar-refractivity contribution is 0.0722. The van der Waals surface area contributed by atoms with Crippen LogP contribution in [0.4, 0.5) is 0 Å². The Labute approximate surface area is 158 Å². The van der Waals surface area contributed by atoms with Crippen LogP contribution in [-0.4, -0.2) is 20.7 Å². The molecule has 0 atom stereocenters. The van der Waals surface area contributed by atoms with Crippen molar-refractivity contribution in [1.29, 1.82) is 0 Å². The molecule has 4 aromatic rings. The molecule has 0 saturated carbocycles. The lowest BCUT2D eigenvalue weighted by atomic mass is 10.3. The molecule has 0 bridgehead atoms. The molecule has 0 radical (unpaired) electrons. The first-order chi connectivity index (χ1) is 12.7. The molecule has 0 spiro atoms. The Bertz CT molecular complexity index is 1050. The summed E-state index contributed by atoms with van der Waals surface area (Å²) in [5.41, 5.74) is 0.806. The number of carbonyl (C=O) groups is 1. The number of benzene rings is 2. The second kappa shape index (κ2) is 7.11. The Kier molecular flexibility index (Phi) is 4.51. The Morgan fingerprint density at radius 2 is 1.77 bits per heavy atom. The minimum absolute atomic E-state index is 0.0304. The molecule has 0 aliphatic carbocycles. The van der Waals surface area contributed by atoms with E-state index in [1.807, 2.05) is 47.8 Å². The van der Waals surface area contributed by atoms with Gasteiger partial charge in [-0.1, -0.05) is 48.0 Å². The fourth-order valence-corrected chi connectivity index (χ4v) is 3.26. The monoisotopic (exact) mass is 381 g/mol. The van der Waals surface area contributed by atoms with E-state index in [4.69, 9.17) is 16.3 Å². The van der Waals surface area contributed by atoms with Crippen LogP contribution in [-0.2, 0) is 0 Å². The maximum absolute atomic E-state index is 12.5. The smallest absolute Gasteiger partial charge is 0.383 e. The van der Waals surface area contributed by atoms with Gasteiger partial charge in [-0.2, -0.15) is 4.98 Å². The minimum atomic E-state index is -0.661. The molecule has 0 N–H and O–H groups in total. The van der Waals surface area contributed by atoms with Gasteiger partial charge in [-0.25, -0.2) is 9.48 Å². The van der Waals surface area contributed by atoms with E-state index in [1.165, 1.54) is 11.3 Å². The van der Waals surface area contributed by atoms with Gasteiger partial charge < -0.3 is 4.74 Å². The Balaban J connectivity index is 1.74. The van der Waals surface area contributed by atoms with Gasteiger partial charge in [-0.05, 0) is 35.7 Å². The first-order valence-corrected chi connectivity index (χ1v) is 9.01. The van der Waals surface area contributed by atoms with Crippen molar-refractivity contribution in [1.82, 2.24) is 14.8 Å². The average molecular weight is 382 g/mol. The van der Waals surface area contributed by atoms with Crippen LogP contribution in [0.2, 0.25) is 5.02 Å². The van der Waals surface area contributed by atoms with Crippen molar-refractivity contribution < 1.29 is 9.53 Å². The van der Waals surface area contributed by atoms with Gasteiger partial charge in [0.2, 0.25) is 0 Å². The molecule has 0 unspecified atom stereocenters. The highest BCUT2D eigenvalue weighted by Gasteiger charge is 2.21. The molecule has 2 aromatic heterocycles. The second-order valence-corrected chi connectivity index (χ2v) is 6.66. The van der Waals surface area contributed by atoms with Gasteiger partial charge in [0.25, 0.3) is 5.82 Å². The van der Waals surface area contributed by atoms with E-state index in [0.717, 1.165) is 10.6 Å². The van der Waals surface area contributed by atoms with Crippen LogP contribution in [0, 0.1) is 0 Å². The van der Waals surface area contributed by atoms with Crippen LogP contribution in [0.5, 0.6) is 5.75 Å². The van der Waals surface area contributed by atoms with E-state index >= 15 is 0 Å². The largest absolute Gasteiger partial charge is 0.419 e. The molecule has 0 fully saturated rings. The summed E-state index contributed by atoms with van der Waals surface area (Å²) in [5.74, 6) is 0.160. The van der Waals surface area contributed by atoms with Crippen molar-refractivity contribution in [3.05, 3.63) is 83.0 Å². The van der Waals surface area contributed by atoms with E-state index < -0.39 is 5.97 Å². The fourth-order valence-electron chi connectivity index (χ4n) is 2.39. The van der Waals surface area contributed by atoms with E-state index in [0.29, 0.717) is 10.8 Å². The number of nitrogens with zero attached hydrogens (tertiary/aromatic N) is 3. The van der Waals surface area contributed by atoms with E-state index in [9.17, 15) is 4.79 Å². The van der Waals surface area contributed by atoms with Crippen LogP contribution in [0.1, 0.15) is 10.6 Å². The lowest BCUT2D eigenvalue weighted by Gasteiger charge is -2.03. The molecule has 26 heavy (non-hydrogen) atoms. The standard InChI is InChI=1S/C19H12ClN3O2S/c20-14-9-4-5-10-15(14)25-19(24)17-21-18(16-11-6-12-26-16)23(22-17)13-7-2-1-3-8-13/h1-12H. The summed E-state index contributed by atoms with van der Waals surface area (Å²) in [6, 6.07) is 20.1. The summed E-state index contributed by atoms with van der Waals surface area (Å²) in [6.07, 6.45) is 0. The van der Waals surface area contributed by atoms with E-state index in [-0.39, 0.29) is 11.6 Å². The molecule has 0 aliphatic heterocycles. The van der Waals surface area contributed by atoms with Crippen molar-refractivity contribution in [2.45, 2.75) is 0 Å². The Hall–Kier alpha value is -2.96. The average Bonchev–Trinajstić information content (AvgIpc) is 3.34. The second-order valence-electron chi connectivity index (χ2n) is 5.30. The number of esters is 1. The van der Waals surface area contributed by atoms with E-state index in [2.05, 4.69) is 10.1 Å². The number of carbonyl (C=O) groups excluding carboxylic acids is 1. The summed E-state index contributed by atoms with van der Waals surface area (Å²) in [4.78, 5) is 17.8. The molecular formula is C19H12ClN3O2S. The molecule has 2 heterocycles. The summed E-state index contributed by atoms with van der Waals surface area (Å²) in [6.45, 7) is 0. The highest BCUT2D eigenvalue weighted by molar-refractivity contribution is 7.13. The summed E-state index contributed by atoms with van der Waals surface area (Å²) in [7, 11) is 0. The fraction of sp³-hybridized carbons (Fsp3) is 0. The van der Waals surface area contributed by atoms with Crippen molar-refractivity contribution in [3.8, 4) is 22.1 Å². The van der Waals surface area contributed by atoms with Gasteiger partial charge in [0, 0.05) is 0 Å². The number of aromatic nitrogens is 3. The number of ether oxygens (including phenoxy) is 1. The highest BCUT2D eigenvalue weighted by atomic mass is 35.5. The zero-order chi connectivity index (χ0) is 17.9. The number of halogens is 1. The van der Waals surface area contributed by atoms with Crippen LogP contribution in [0.3, 0.4) is 0 Å².